The smallest absolute Gasteiger partial charge is 0.278 e. The molecule has 6 heteroatoms. The zero-order chi connectivity index (χ0) is 16.2. The van der Waals surface area contributed by atoms with Crippen LogP contribution in [-0.2, 0) is 0 Å². The summed E-state index contributed by atoms with van der Waals surface area (Å²) in [5, 5.41) is 4.26. The predicted molar refractivity (Wildman–Crippen MR) is 83.6 cm³/mol. The second kappa shape index (κ2) is 6.23. The lowest BCUT2D eigenvalue weighted by Gasteiger charge is -2.02. The summed E-state index contributed by atoms with van der Waals surface area (Å²) in [6.45, 7) is 0. The molecule has 0 fully saturated rings. The molecule has 2 aromatic heterocycles. The molecule has 0 saturated heterocycles. The summed E-state index contributed by atoms with van der Waals surface area (Å²) in [6, 6.07) is 10.3. The van der Waals surface area contributed by atoms with Crippen LogP contribution in [0, 0.1) is 0 Å². The van der Waals surface area contributed by atoms with Crippen molar-refractivity contribution in [3.8, 4) is 17.0 Å². The number of aldehydes is 1. The van der Waals surface area contributed by atoms with E-state index in [1.54, 1.807) is 43.5 Å². The molecule has 0 amide bonds. The molecule has 3 aromatic rings. The highest BCUT2D eigenvalue weighted by Gasteiger charge is 2.16. The van der Waals surface area contributed by atoms with Crippen LogP contribution in [0.4, 0.5) is 0 Å². The number of carbonyl (C=O) groups is 2. The zero-order valence-corrected chi connectivity index (χ0v) is 12.3. The van der Waals surface area contributed by atoms with Gasteiger partial charge in [-0.25, -0.2) is 4.68 Å². The molecule has 0 N–H and O–H groups in total. The predicted octanol–water partition coefficient (Wildman–Crippen LogP) is 2.45. The minimum Gasteiger partial charge on any atom is -0.497 e. The van der Waals surface area contributed by atoms with Crippen molar-refractivity contribution in [1.29, 1.82) is 0 Å². The molecule has 0 aliphatic carbocycles. The number of rotatable bonds is 4. The number of methoxy groups -OCH3 is 1. The highest BCUT2D eigenvalue weighted by molar-refractivity contribution is 5.97. The van der Waals surface area contributed by atoms with Crippen molar-refractivity contribution < 1.29 is 14.3 Å². The Morgan fingerprint density at radius 1 is 1.13 bits per heavy atom. The van der Waals surface area contributed by atoms with Gasteiger partial charge in [0.05, 0.1) is 12.7 Å². The second-order valence-electron chi connectivity index (χ2n) is 4.77. The van der Waals surface area contributed by atoms with Crippen molar-refractivity contribution in [3.05, 3.63) is 66.1 Å². The molecule has 23 heavy (non-hydrogen) atoms. The van der Waals surface area contributed by atoms with E-state index in [1.165, 1.54) is 23.3 Å². The molecule has 0 bridgehead atoms. The van der Waals surface area contributed by atoms with E-state index < -0.39 is 0 Å². The third kappa shape index (κ3) is 2.87. The van der Waals surface area contributed by atoms with Gasteiger partial charge in [-0.05, 0) is 36.4 Å². The fraction of sp³-hybridized carbons (Fsp3) is 0.0588. The van der Waals surface area contributed by atoms with Gasteiger partial charge in [0, 0.05) is 29.7 Å². The maximum atomic E-state index is 12.4. The van der Waals surface area contributed by atoms with Gasteiger partial charge in [0.2, 0.25) is 0 Å². The summed E-state index contributed by atoms with van der Waals surface area (Å²) in [5.74, 6) is 0.379. The Bertz CT molecular complexity index is 839. The van der Waals surface area contributed by atoms with Gasteiger partial charge in [-0.2, -0.15) is 5.10 Å². The summed E-state index contributed by atoms with van der Waals surface area (Å²) in [6.07, 6.45) is 5.17. The summed E-state index contributed by atoms with van der Waals surface area (Å²) >= 11 is 0. The first-order valence-corrected chi connectivity index (χ1v) is 6.87. The minimum absolute atomic E-state index is 0.324. The van der Waals surface area contributed by atoms with E-state index in [0.717, 1.165) is 5.56 Å². The number of benzene rings is 1. The lowest BCUT2D eigenvalue weighted by atomic mass is 10.1. The number of carbonyl (C=O) groups excluding carboxylic acids is 2. The third-order valence-electron chi connectivity index (χ3n) is 3.37. The fourth-order valence-electron chi connectivity index (χ4n) is 2.18. The Kier molecular flexibility index (Phi) is 3.97. The number of pyridine rings is 1. The van der Waals surface area contributed by atoms with Gasteiger partial charge < -0.3 is 4.74 Å². The first-order chi connectivity index (χ1) is 11.2. The highest BCUT2D eigenvalue weighted by atomic mass is 16.5. The van der Waals surface area contributed by atoms with Gasteiger partial charge in [-0.1, -0.05) is 0 Å². The van der Waals surface area contributed by atoms with Crippen molar-refractivity contribution >= 4 is 12.2 Å². The second-order valence-corrected chi connectivity index (χ2v) is 4.77. The van der Waals surface area contributed by atoms with E-state index in [-0.39, 0.29) is 5.91 Å². The maximum absolute atomic E-state index is 12.4. The first-order valence-electron chi connectivity index (χ1n) is 6.87. The van der Waals surface area contributed by atoms with Crippen LogP contribution in [0.1, 0.15) is 20.7 Å². The highest BCUT2D eigenvalue weighted by Crippen LogP contribution is 2.23. The number of aromatic nitrogens is 3. The van der Waals surface area contributed by atoms with Crippen molar-refractivity contribution in [3.63, 3.8) is 0 Å². The van der Waals surface area contributed by atoms with E-state index in [4.69, 9.17) is 4.74 Å². The van der Waals surface area contributed by atoms with Gasteiger partial charge in [0.25, 0.3) is 5.91 Å². The van der Waals surface area contributed by atoms with Gasteiger partial charge in [0.15, 0.2) is 6.29 Å². The van der Waals surface area contributed by atoms with Crippen LogP contribution in [0.15, 0.2) is 55.0 Å². The Hall–Kier alpha value is -3.28. The molecule has 0 atom stereocenters. The molecule has 0 aliphatic heterocycles. The van der Waals surface area contributed by atoms with Crippen LogP contribution >= 0.6 is 0 Å². The van der Waals surface area contributed by atoms with Gasteiger partial charge >= 0.3 is 0 Å². The first kappa shape index (κ1) is 14.6. The normalized spacial score (nSPS) is 10.3. The Balaban J connectivity index is 2.00. The summed E-state index contributed by atoms with van der Waals surface area (Å²) < 4.78 is 6.27. The van der Waals surface area contributed by atoms with Crippen molar-refractivity contribution in [1.82, 2.24) is 14.8 Å². The van der Waals surface area contributed by atoms with E-state index in [2.05, 4.69) is 10.1 Å². The molecule has 0 unspecified atom stereocenters. The van der Waals surface area contributed by atoms with Crippen LogP contribution in [0.3, 0.4) is 0 Å². The third-order valence-corrected chi connectivity index (χ3v) is 3.37. The molecule has 6 nitrogen and oxygen atoms in total. The number of nitrogens with zero attached hydrogens (tertiary/aromatic N) is 3. The average Bonchev–Trinajstić information content (AvgIpc) is 3.06. The lowest BCUT2D eigenvalue weighted by Crippen LogP contribution is -2.12. The molecule has 0 aliphatic rings. The Labute approximate surface area is 132 Å². The fourth-order valence-corrected chi connectivity index (χ4v) is 2.18. The lowest BCUT2D eigenvalue weighted by molar-refractivity contribution is 0.0945. The number of hydrogen-bond donors (Lipinski definition) is 0. The monoisotopic (exact) mass is 307 g/mol. The Morgan fingerprint density at radius 3 is 2.43 bits per heavy atom. The van der Waals surface area contributed by atoms with Crippen molar-refractivity contribution in [2.75, 3.05) is 7.11 Å². The van der Waals surface area contributed by atoms with Crippen LogP contribution < -0.4 is 4.74 Å². The van der Waals surface area contributed by atoms with Crippen LogP contribution in [0.2, 0.25) is 0 Å². The molecular weight excluding hydrogens is 294 g/mol. The standard InChI is InChI=1S/C17H13N3O3/c1-23-15-4-2-12(3-5-15)16-14(11-21)10-20(19-16)17(22)13-6-8-18-9-7-13/h2-11H,1H3. The summed E-state index contributed by atoms with van der Waals surface area (Å²) in [7, 11) is 1.58. The summed E-state index contributed by atoms with van der Waals surface area (Å²) in [5.41, 5.74) is 1.97. The molecular formula is C17H13N3O3. The Morgan fingerprint density at radius 2 is 1.83 bits per heavy atom. The van der Waals surface area contributed by atoms with Gasteiger partial charge in [-0.15, -0.1) is 0 Å². The molecule has 2 heterocycles. The topological polar surface area (TPSA) is 74.1 Å². The van der Waals surface area contributed by atoms with Crippen LogP contribution in [0.5, 0.6) is 5.75 Å². The molecule has 1 aromatic carbocycles. The molecule has 114 valence electrons. The van der Waals surface area contributed by atoms with E-state index in [9.17, 15) is 9.59 Å². The molecule has 0 radical (unpaired) electrons. The van der Waals surface area contributed by atoms with Crippen molar-refractivity contribution in [2.45, 2.75) is 0 Å². The zero-order valence-electron chi connectivity index (χ0n) is 12.3. The SMILES string of the molecule is COc1ccc(-c2nn(C(=O)c3ccncc3)cc2C=O)cc1. The quantitative estimate of drug-likeness (QED) is 0.692. The molecule has 0 spiro atoms. The van der Waals surface area contributed by atoms with Gasteiger partial charge in [0.1, 0.15) is 11.4 Å². The maximum Gasteiger partial charge on any atom is 0.278 e. The van der Waals surface area contributed by atoms with Crippen molar-refractivity contribution in [2.24, 2.45) is 0 Å². The molecule has 3 rings (SSSR count). The molecule has 0 saturated carbocycles. The van der Waals surface area contributed by atoms with Crippen LogP contribution in [0.25, 0.3) is 11.3 Å². The van der Waals surface area contributed by atoms with E-state index in [1.807, 2.05) is 0 Å². The minimum atomic E-state index is -0.324. The van der Waals surface area contributed by atoms with Crippen LogP contribution in [-0.4, -0.2) is 34.1 Å². The largest absolute Gasteiger partial charge is 0.497 e. The van der Waals surface area contributed by atoms with E-state index >= 15 is 0 Å². The van der Waals surface area contributed by atoms with E-state index in [0.29, 0.717) is 28.9 Å². The number of hydrogen-bond acceptors (Lipinski definition) is 5. The average molecular weight is 307 g/mol. The summed E-state index contributed by atoms with van der Waals surface area (Å²) in [4.78, 5) is 27.6. The van der Waals surface area contributed by atoms with Gasteiger partial charge in [-0.3, -0.25) is 14.6 Å². The number of ether oxygens (including phenoxy) is 1.